The van der Waals surface area contributed by atoms with Gasteiger partial charge in [0, 0.05) is 11.5 Å². The maximum absolute atomic E-state index is 14.2. The maximum atomic E-state index is 14.2. The number of anilines is 2. The van der Waals surface area contributed by atoms with Crippen LogP contribution in [0.3, 0.4) is 0 Å². The zero-order chi connectivity index (χ0) is 28.6. The lowest BCUT2D eigenvalue weighted by atomic mass is 9.55. The Bertz CT molecular complexity index is 1780. The van der Waals surface area contributed by atoms with Crippen molar-refractivity contribution in [3.8, 4) is 0 Å². The number of rotatable bonds is 4. The summed E-state index contributed by atoms with van der Waals surface area (Å²) < 4.78 is -0.867. The second-order valence-electron chi connectivity index (χ2n) is 10.7. The van der Waals surface area contributed by atoms with Crippen molar-refractivity contribution < 1.29 is 24.3 Å². The SMILES string of the molecule is Cc1ccc(C(=O)O)c(NC(=O)c2cccc(N3C(=O)[C@H]4C5c6ccccc6C(Br)(c6ccccc65)[C@H]4C3=O)c2)c1. The van der Waals surface area contributed by atoms with Gasteiger partial charge in [0.1, 0.15) is 0 Å². The fourth-order valence-electron chi connectivity index (χ4n) is 6.86. The summed E-state index contributed by atoms with van der Waals surface area (Å²) in [7, 11) is 0. The highest BCUT2D eigenvalue weighted by Gasteiger charge is 2.67. The Morgan fingerprint density at radius 2 is 1.51 bits per heavy atom. The minimum absolute atomic E-state index is 0.0358. The molecule has 0 radical (unpaired) electrons. The fraction of sp³-hybridized carbons (Fsp3) is 0.152. The van der Waals surface area contributed by atoms with E-state index in [0.717, 1.165) is 27.8 Å². The number of carboxylic acids is 1. The Morgan fingerprint density at radius 1 is 0.854 bits per heavy atom. The van der Waals surface area contributed by atoms with Gasteiger partial charge in [-0.15, -0.1) is 0 Å². The summed E-state index contributed by atoms with van der Waals surface area (Å²) in [4.78, 5) is 54.5. The molecular weight excluding hydrogens is 584 g/mol. The molecule has 3 aliphatic carbocycles. The van der Waals surface area contributed by atoms with Crippen LogP contribution in [0.25, 0.3) is 0 Å². The molecule has 1 heterocycles. The third kappa shape index (κ3) is 3.50. The van der Waals surface area contributed by atoms with Gasteiger partial charge in [-0.05, 0) is 65.1 Å². The summed E-state index contributed by atoms with van der Waals surface area (Å²) in [5.41, 5.74) is 5.47. The van der Waals surface area contributed by atoms with Crippen molar-refractivity contribution in [1.29, 1.82) is 0 Å². The molecule has 0 aromatic heterocycles. The highest BCUT2D eigenvalue weighted by Crippen LogP contribution is 2.66. The molecule has 0 spiro atoms. The number of halogens is 1. The van der Waals surface area contributed by atoms with Gasteiger partial charge in [-0.1, -0.05) is 76.6 Å². The largest absolute Gasteiger partial charge is 0.478 e. The van der Waals surface area contributed by atoms with E-state index in [2.05, 4.69) is 21.2 Å². The van der Waals surface area contributed by atoms with E-state index < -0.39 is 28.0 Å². The summed E-state index contributed by atoms with van der Waals surface area (Å²) in [5, 5.41) is 12.2. The van der Waals surface area contributed by atoms with Gasteiger partial charge >= 0.3 is 5.97 Å². The molecule has 7 nitrogen and oxygen atoms in total. The van der Waals surface area contributed by atoms with E-state index in [9.17, 15) is 24.3 Å². The number of hydrogen-bond donors (Lipinski definition) is 2. The van der Waals surface area contributed by atoms with Crippen LogP contribution in [-0.4, -0.2) is 28.8 Å². The highest BCUT2D eigenvalue weighted by atomic mass is 79.9. The van der Waals surface area contributed by atoms with Crippen LogP contribution in [0.15, 0.2) is 91.0 Å². The second-order valence-corrected chi connectivity index (χ2v) is 12.0. The standard InChI is InChI=1S/C33H23BrN2O5/c1-17-13-14-22(32(40)41)25(15-17)35-29(37)18-7-6-8-19(16-18)36-30(38)27-26-20-9-2-4-11-23(20)33(34,28(27)31(36)39)24-12-5-3-10-21(24)26/h2-16,26-28H,1H3,(H,35,37)(H,40,41)/t26?,27-,28+,33?/m0/s1. The molecule has 0 saturated carbocycles. The van der Waals surface area contributed by atoms with E-state index in [1.165, 1.54) is 17.0 Å². The van der Waals surface area contributed by atoms with Crippen LogP contribution < -0.4 is 10.2 Å². The minimum atomic E-state index is -1.16. The Hall–Kier alpha value is -4.56. The molecule has 202 valence electrons. The van der Waals surface area contributed by atoms with Crippen molar-refractivity contribution in [2.75, 3.05) is 10.2 Å². The van der Waals surface area contributed by atoms with Crippen LogP contribution >= 0.6 is 15.9 Å². The van der Waals surface area contributed by atoms with Crippen LogP contribution in [0.2, 0.25) is 0 Å². The summed E-state index contributed by atoms with van der Waals surface area (Å²) in [5.74, 6) is -3.87. The molecule has 2 atom stereocenters. The van der Waals surface area contributed by atoms with E-state index in [1.54, 1.807) is 37.3 Å². The fourth-order valence-corrected chi connectivity index (χ4v) is 8.07. The van der Waals surface area contributed by atoms with Crippen LogP contribution in [0, 0.1) is 18.8 Å². The van der Waals surface area contributed by atoms with Crippen molar-refractivity contribution in [2.24, 2.45) is 11.8 Å². The van der Waals surface area contributed by atoms with Gasteiger partial charge in [-0.25, -0.2) is 9.69 Å². The first-order chi connectivity index (χ1) is 19.7. The molecule has 1 saturated heterocycles. The first-order valence-electron chi connectivity index (χ1n) is 13.2. The number of aromatic carboxylic acids is 1. The molecule has 4 aliphatic rings. The van der Waals surface area contributed by atoms with Gasteiger partial charge < -0.3 is 10.4 Å². The lowest BCUT2D eigenvalue weighted by molar-refractivity contribution is -0.122. The molecule has 8 rings (SSSR count). The van der Waals surface area contributed by atoms with Gasteiger partial charge in [0.15, 0.2) is 0 Å². The number of imide groups is 1. The third-order valence-electron chi connectivity index (χ3n) is 8.53. The van der Waals surface area contributed by atoms with Gasteiger partial charge in [0.25, 0.3) is 5.91 Å². The van der Waals surface area contributed by atoms with Crippen molar-refractivity contribution in [2.45, 2.75) is 17.2 Å². The maximum Gasteiger partial charge on any atom is 0.337 e. The number of carbonyl (C=O) groups excluding carboxylic acids is 3. The Balaban J connectivity index is 1.28. The Morgan fingerprint density at radius 3 is 2.17 bits per heavy atom. The number of hydrogen-bond acceptors (Lipinski definition) is 4. The van der Waals surface area contributed by atoms with Crippen molar-refractivity contribution in [3.63, 3.8) is 0 Å². The van der Waals surface area contributed by atoms with Gasteiger partial charge in [0.05, 0.1) is 33.1 Å². The molecular formula is C33H23BrN2O5. The Labute approximate surface area is 243 Å². The predicted octanol–water partition coefficient (Wildman–Crippen LogP) is 5.85. The number of amides is 3. The first-order valence-corrected chi connectivity index (χ1v) is 14.0. The highest BCUT2D eigenvalue weighted by molar-refractivity contribution is 9.09. The van der Waals surface area contributed by atoms with Crippen molar-refractivity contribution in [3.05, 3.63) is 130 Å². The number of aryl methyl sites for hydroxylation is 1. The van der Waals surface area contributed by atoms with Gasteiger partial charge in [-0.2, -0.15) is 0 Å². The number of nitrogens with one attached hydrogen (secondary N) is 1. The molecule has 4 aromatic rings. The molecule has 41 heavy (non-hydrogen) atoms. The minimum Gasteiger partial charge on any atom is -0.478 e. The Kier molecular flexibility index (Phi) is 5.56. The number of benzene rings is 4. The number of carboxylic acid groups (broad SMARTS) is 1. The average molecular weight is 607 g/mol. The third-order valence-corrected chi connectivity index (χ3v) is 9.88. The summed E-state index contributed by atoms with van der Waals surface area (Å²) in [6.45, 7) is 1.80. The number of nitrogens with zero attached hydrogens (tertiary/aromatic N) is 1. The van der Waals surface area contributed by atoms with Crippen molar-refractivity contribution in [1.82, 2.24) is 0 Å². The molecule has 2 N–H and O–H groups in total. The van der Waals surface area contributed by atoms with E-state index in [-0.39, 0.29) is 34.5 Å². The smallest absolute Gasteiger partial charge is 0.337 e. The molecule has 2 bridgehead atoms. The zero-order valence-corrected chi connectivity index (χ0v) is 23.4. The van der Waals surface area contributed by atoms with Gasteiger partial charge in [0.2, 0.25) is 11.8 Å². The normalized spacial score (nSPS) is 23.6. The molecule has 3 amide bonds. The second kappa shape index (κ2) is 8.97. The molecule has 1 aliphatic heterocycles. The summed E-state index contributed by atoms with van der Waals surface area (Å²) >= 11 is 3.99. The van der Waals surface area contributed by atoms with Crippen LogP contribution in [0.1, 0.15) is 54.5 Å². The average Bonchev–Trinajstić information content (AvgIpc) is 3.24. The lowest BCUT2D eigenvalue weighted by Crippen LogP contribution is -2.50. The molecule has 8 heteroatoms. The van der Waals surface area contributed by atoms with Crippen LogP contribution in [0.5, 0.6) is 0 Å². The monoisotopic (exact) mass is 606 g/mol. The molecule has 0 unspecified atom stereocenters. The topological polar surface area (TPSA) is 104 Å². The lowest BCUT2D eigenvalue weighted by Gasteiger charge is -2.51. The quantitative estimate of drug-likeness (QED) is 0.224. The summed E-state index contributed by atoms with van der Waals surface area (Å²) in [6.07, 6.45) is 0. The van der Waals surface area contributed by atoms with Gasteiger partial charge in [-0.3, -0.25) is 14.4 Å². The first kappa shape index (κ1) is 25.4. The van der Waals surface area contributed by atoms with Crippen LogP contribution in [-0.2, 0) is 13.9 Å². The van der Waals surface area contributed by atoms with Crippen LogP contribution in [0.4, 0.5) is 11.4 Å². The zero-order valence-electron chi connectivity index (χ0n) is 21.8. The van der Waals surface area contributed by atoms with E-state index >= 15 is 0 Å². The number of alkyl halides is 1. The van der Waals surface area contributed by atoms with E-state index in [1.807, 2.05) is 48.5 Å². The predicted molar refractivity (Wildman–Crippen MR) is 156 cm³/mol. The summed E-state index contributed by atoms with van der Waals surface area (Å²) in [6, 6.07) is 26.9. The molecule has 4 aromatic carbocycles. The molecule has 1 fully saturated rings. The van der Waals surface area contributed by atoms with Crippen molar-refractivity contribution >= 4 is 51.0 Å². The number of carbonyl (C=O) groups is 4. The van der Waals surface area contributed by atoms with E-state index in [4.69, 9.17) is 0 Å². The van der Waals surface area contributed by atoms with E-state index in [0.29, 0.717) is 5.69 Å².